The Morgan fingerprint density at radius 1 is 1.29 bits per heavy atom. The first-order valence-corrected chi connectivity index (χ1v) is 7.10. The Kier molecular flexibility index (Phi) is 3.72. The summed E-state index contributed by atoms with van der Waals surface area (Å²) >= 11 is 0. The monoisotopic (exact) mass is 292 g/mol. The lowest BCUT2D eigenvalue weighted by molar-refractivity contribution is 0.0665. The molecule has 0 aliphatic carbocycles. The molecule has 2 saturated heterocycles. The third kappa shape index (κ3) is 2.81. The number of piperidine rings is 1. The van der Waals surface area contributed by atoms with Crippen molar-refractivity contribution in [3.8, 4) is 0 Å². The van der Waals surface area contributed by atoms with Crippen molar-refractivity contribution >= 4 is 11.9 Å². The Labute approximate surface area is 121 Å². The van der Waals surface area contributed by atoms with E-state index >= 15 is 0 Å². The second-order valence-corrected chi connectivity index (χ2v) is 5.32. The van der Waals surface area contributed by atoms with Gasteiger partial charge in [0.05, 0.1) is 5.56 Å². The fourth-order valence-electron chi connectivity index (χ4n) is 2.90. The largest absolute Gasteiger partial charge is 0.338 e. The van der Waals surface area contributed by atoms with Crippen molar-refractivity contribution in [1.82, 2.24) is 20.1 Å². The van der Waals surface area contributed by atoms with E-state index in [-0.39, 0.29) is 18.0 Å². The number of hydrogen-bond acceptors (Lipinski definition) is 3. The van der Waals surface area contributed by atoms with Crippen LogP contribution < -0.4 is 5.32 Å². The van der Waals surface area contributed by atoms with Crippen LogP contribution in [0, 0.1) is 5.95 Å². The van der Waals surface area contributed by atoms with Crippen LogP contribution in [-0.4, -0.2) is 58.9 Å². The normalized spacial score (nSPS) is 19.8. The fourth-order valence-corrected chi connectivity index (χ4v) is 2.90. The number of hydrogen-bond donors (Lipinski definition) is 1. The molecule has 7 heteroatoms. The number of carbonyl (C=O) groups excluding carboxylic acids is 2. The minimum absolute atomic E-state index is 0.0116. The summed E-state index contributed by atoms with van der Waals surface area (Å²) in [5.41, 5.74) is 0.397. The Balaban J connectivity index is 1.59. The summed E-state index contributed by atoms with van der Waals surface area (Å²) in [5, 5.41) is 2.79. The minimum atomic E-state index is -0.592. The first-order valence-electron chi connectivity index (χ1n) is 7.10. The molecule has 0 saturated carbocycles. The van der Waals surface area contributed by atoms with Gasteiger partial charge in [0.1, 0.15) is 0 Å². The summed E-state index contributed by atoms with van der Waals surface area (Å²) < 4.78 is 12.8. The molecule has 2 aliphatic heterocycles. The topological polar surface area (TPSA) is 65.5 Å². The van der Waals surface area contributed by atoms with E-state index in [2.05, 4.69) is 10.3 Å². The van der Waals surface area contributed by atoms with Gasteiger partial charge in [0, 0.05) is 38.4 Å². The molecule has 0 unspecified atom stereocenters. The molecule has 3 amide bonds. The molecule has 0 spiro atoms. The molecule has 1 N–H and O–H groups in total. The summed E-state index contributed by atoms with van der Waals surface area (Å²) in [4.78, 5) is 31.0. The average Bonchev–Trinajstić information content (AvgIpc) is 2.94. The summed E-state index contributed by atoms with van der Waals surface area (Å²) in [7, 11) is 0. The Morgan fingerprint density at radius 2 is 2.05 bits per heavy atom. The van der Waals surface area contributed by atoms with Crippen LogP contribution in [0.15, 0.2) is 18.3 Å². The van der Waals surface area contributed by atoms with Gasteiger partial charge in [0.25, 0.3) is 5.91 Å². The van der Waals surface area contributed by atoms with Gasteiger partial charge in [-0.25, -0.2) is 9.78 Å². The van der Waals surface area contributed by atoms with Crippen LogP contribution >= 0.6 is 0 Å². The molecule has 0 atom stereocenters. The van der Waals surface area contributed by atoms with E-state index < -0.39 is 5.95 Å². The van der Waals surface area contributed by atoms with Gasteiger partial charge >= 0.3 is 6.03 Å². The van der Waals surface area contributed by atoms with E-state index in [4.69, 9.17) is 0 Å². The van der Waals surface area contributed by atoms with E-state index in [0.29, 0.717) is 25.2 Å². The SMILES string of the molecule is O=C(c1ccc(F)nc1)N1CCC(N2CCNC2=O)CC1. The van der Waals surface area contributed by atoms with Gasteiger partial charge < -0.3 is 15.1 Å². The highest BCUT2D eigenvalue weighted by Crippen LogP contribution is 2.19. The summed E-state index contributed by atoms with van der Waals surface area (Å²) in [6.45, 7) is 2.63. The number of likely N-dealkylation sites (tertiary alicyclic amines) is 1. The summed E-state index contributed by atoms with van der Waals surface area (Å²) in [6, 6.07) is 2.82. The molecule has 112 valence electrons. The maximum absolute atomic E-state index is 12.8. The van der Waals surface area contributed by atoms with Gasteiger partial charge in [-0.15, -0.1) is 0 Å². The molecule has 2 fully saturated rings. The van der Waals surface area contributed by atoms with Crippen LogP contribution in [0.25, 0.3) is 0 Å². The number of amides is 3. The highest BCUT2D eigenvalue weighted by Gasteiger charge is 2.32. The third-order valence-corrected chi connectivity index (χ3v) is 4.06. The first-order chi connectivity index (χ1) is 10.1. The van der Waals surface area contributed by atoms with Gasteiger partial charge in [0.15, 0.2) is 0 Å². The molecular formula is C14H17FN4O2. The molecular weight excluding hydrogens is 275 g/mol. The second-order valence-electron chi connectivity index (χ2n) is 5.32. The number of nitrogens with zero attached hydrogens (tertiary/aromatic N) is 3. The van der Waals surface area contributed by atoms with Gasteiger partial charge in [-0.05, 0) is 25.0 Å². The van der Waals surface area contributed by atoms with Gasteiger partial charge in [-0.2, -0.15) is 4.39 Å². The van der Waals surface area contributed by atoms with Crippen LogP contribution in [-0.2, 0) is 0 Å². The standard InChI is InChI=1S/C14H17FN4O2/c15-12-2-1-10(9-17-12)13(20)18-6-3-11(4-7-18)19-8-5-16-14(19)21/h1-2,9,11H,3-8H2,(H,16,21). The molecule has 0 radical (unpaired) electrons. The molecule has 3 heterocycles. The highest BCUT2D eigenvalue weighted by molar-refractivity contribution is 5.93. The number of urea groups is 1. The lowest BCUT2D eigenvalue weighted by Crippen LogP contribution is -2.47. The molecule has 1 aromatic rings. The second kappa shape index (κ2) is 5.67. The van der Waals surface area contributed by atoms with Crippen molar-refractivity contribution in [3.05, 3.63) is 29.8 Å². The zero-order chi connectivity index (χ0) is 14.8. The first kappa shape index (κ1) is 13.8. The smallest absolute Gasteiger partial charge is 0.317 e. The zero-order valence-electron chi connectivity index (χ0n) is 11.6. The van der Waals surface area contributed by atoms with Crippen molar-refractivity contribution < 1.29 is 14.0 Å². The lowest BCUT2D eigenvalue weighted by atomic mass is 10.0. The Hall–Kier alpha value is -2.18. The molecule has 6 nitrogen and oxygen atoms in total. The number of aromatic nitrogens is 1. The maximum atomic E-state index is 12.8. The fraction of sp³-hybridized carbons (Fsp3) is 0.500. The van der Waals surface area contributed by atoms with Crippen LogP contribution in [0.4, 0.5) is 9.18 Å². The van der Waals surface area contributed by atoms with Gasteiger partial charge in [0.2, 0.25) is 5.95 Å². The number of nitrogens with one attached hydrogen (secondary N) is 1. The minimum Gasteiger partial charge on any atom is -0.338 e. The van der Waals surface area contributed by atoms with Crippen LogP contribution in [0.1, 0.15) is 23.2 Å². The Bertz CT molecular complexity index is 540. The number of halogens is 1. The third-order valence-electron chi connectivity index (χ3n) is 4.06. The lowest BCUT2D eigenvalue weighted by Gasteiger charge is -2.36. The van der Waals surface area contributed by atoms with Crippen LogP contribution in [0.3, 0.4) is 0 Å². The van der Waals surface area contributed by atoms with Gasteiger partial charge in [-0.3, -0.25) is 4.79 Å². The number of rotatable bonds is 2. The van der Waals surface area contributed by atoms with Crippen molar-refractivity contribution in [2.24, 2.45) is 0 Å². The van der Waals surface area contributed by atoms with E-state index in [1.165, 1.54) is 18.3 Å². The molecule has 0 aromatic carbocycles. The predicted molar refractivity (Wildman–Crippen MR) is 73.2 cm³/mol. The van der Waals surface area contributed by atoms with Crippen molar-refractivity contribution in [2.75, 3.05) is 26.2 Å². The van der Waals surface area contributed by atoms with Crippen molar-refractivity contribution in [1.29, 1.82) is 0 Å². The van der Waals surface area contributed by atoms with Gasteiger partial charge in [-0.1, -0.05) is 0 Å². The predicted octanol–water partition coefficient (Wildman–Crippen LogP) is 0.850. The number of pyridine rings is 1. The van der Waals surface area contributed by atoms with Crippen LogP contribution in [0.2, 0.25) is 0 Å². The van der Waals surface area contributed by atoms with Crippen molar-refractivity contribution in [3.63, 3.8) is 0 Å². The van der Waals surface area contributed by atoms with Crippen molar-refractivity contribution in [2.45, 2.75) is 18.9 Å². The molecule has 2 aliphatic rings. The van der Waals surface area contributed by atoms with E-state index in [0.717, 1.165) is 19.4 Å². The number of carbonyl (C=O) groups is 2. The van der Waals surface area contributed by atoms with E-state index in [1.807, 2.05) is 4.90 Å². The quantitative estimate of drug-likeness (QED) is 0.822. The molecule has 21 heavy (non-hydrogen) atoms. The Morgan fingerprint density at radius 3 is 2.62 bits per heavy atom. The van der Waals surface area contributed by atoms with E-state index in [1.54, 1.807) is 4.90 Å². The maximum Gasteiger partial charge on any atom is 0.317 e. The average molecular weight is 292 g/mol. The molecule has 3 rings (SSSR count). The van der Waals surface area contributed by atoms with E-state index in [9.17, 15) is 14.0 Å². The van der Waals surface area contributed by atoms with Crippen LogP contribution in [0.5, 0.6) is 0 Å². The zero-order valence-corrected chi connectivity index (χ0v) is 11.6. The summed E-state index contributed by atoms with van der Waals surface area (Å²) in [6.07, 6.45) is 2.80. The molecule has 1 aromatic heterocycles. The highest BCUT2D eigenvalue weighted by atomic mass is 19.1. The summed E-state index contributed by atoms with van der Waals surface area (Å²) in [5.74, 6) is -0.725. The molecule has 0 bridgehead atoms.